The molecule has 0 radical (unpaired) electrons. The van der Waals surface area contributed by atoms with E-state index >= 15 is 0 Å². The van der Waals surface area contributed by atoms with Gasteiger partial charge in [-0.15, -0.1) is 0 Å². The van der Waals surface area contributed by atoms with Crippen molar-refractivity contribution < 1.29 is 22.6 Å². The molecule has 1 atom stereocenters. The Bertz CT molecular complexity index is 1040. The number of ether oxygens (including phenoxy) is 2. The van der Waals surface area contributed by atoms with Gasteiger partial charge in [0.15, 0.2) is 5.82 Å². The first-order valence-corrected chi connectivity index (χ1v) is 12.3. The van der Waals surface area contributed by atoms with Gasteiger partial charge in [-0.2, -0.15) is 18.2 Å². The van der Waals surface area contributed by atoms with Gasteiger partial charge in [-0.05, 0) is 38.5 Å². The van der Waals surface area contributed by atoms with Crippen LogP contribution in [0.25, 0.3) is 0 Å². The van der Waals surface area contributed by atoms with E-state index in [-0.39, 0.29) is 24.1 Å². The number of rotatable bonds is 13. The van der Waals surface area contributed by atoms with E-state index in [0.717, 1.165) is 12.1 Å². The van der Waals surface area contributed by atoms with Crippen LogP contribution in [0.2, 0.25) is 0 Å². The van der Waals surface area contributed by atoms with Crippen LogP contribution in [0.3, 0.4) is 0 Å². The van der Waals surface area contributed by atoms with Gasteiger partial charge in [0, 0.05) is 45.0 Å². The van der Waals surface area contributed by atoms with Gasteiger partial charge in [0.1, 0.15) is 17.2 Å². The average molecular weight is 525 g/mol. The number of hydrogen-bond donors (Lipinski definition) is 4. The van der Waals surface area contributed by atoms with Gasteiger partial charge in [0.25, 0.3) is 0 Å². The van der Waals surface area contributed by atoms with Gasteiger partial charge < -0.3 is 35.7 Å². The number of aromatic nitrogens is 3. The minimum absolute atomic E-state index is 0.0619. The predicted octanol–water partition coefficient (Wildman–Crippen LogP) is 3.51. The summed E-state index contributed by atoms with van der Waals surface area (Å²) < 4.78 is 48.3. The Kier molecular flexibility index (Phi) is 10.4. The highest BCUT2D eigenvalue weighted by atomic mass is 19.4. The lowest BCUT2D eigenvalue weighted by atomic mass is 10.2. The van der Waals surface area contributed by atoms with Gasteiger partial charge in [-0.25, -0.2) is 9.97 Å². The standard InChI is InChI=1S/C24H35F3N8O2/c1-4-36-12-9-31-21-20(18(28)15-37-11-6-24(25,26)27)33-23(35-10-8-29-17(3)14-35)34-22(21)32-19-13-16(2)5-7-30-19/h5,7,13,17,28-29,31H,4,6,8-12,14-15H2,1-3H3,(H,30,32,33,34)/t17-/m1/s1. The zero-order valence-electron chi connectivity index (χ0n) is 21.4. The molecule has 0 amide bonds. The van der Waals surface area contributed by atoms with Crippen LogP contribution in [-0.4, -0.2) is 85.5 Å². The smallest absolute Gasteiger partial charge is 0.380 e. The Hall–Kier alpha value is -3.03. The summed E-state index contributed by atoms with van der Waals surface area (Å²) in [5, 5.41) is 18.5. The van der Waals surface area contributed by atoms with Crippen molar-refractivity contribution in [2.75, 3.05) is 68.1 Å². The van der Waals surface area contributed by atoms with Crippen molar-refractivity contribution in [1.29, 1.82) is 5.41 Å². The lowest BCUT2D eigenvalue weighted by Crippen LogP contribution is -2.50. The van der Waals surface area contributed by atoms with Crippen LogP contribution in [0.15, 0.2) is 18.3 Å². The Balaban J connectivity index is 1.96. The lowest BCUT2D eigenvalue weighted by Gasteiger charge is -2.32. The van der Waals surface area contributed by atoms with Crippen LogP contribution in [0.5, 0.6) is 0 Å². The highest BCUT2D eigenvalue weighted by Crippen LogP contribution is 2.30. The largest absolute Gasteiger partial charge is 0.391 e. The molecule has 204 valence electrons. The number of aryl methyl sites for hydroxylation is 1. The Labute approximate surface area is 214 Å². The number of halogens is 3. The molecule has 3 rings (SSSR count). The molecule has 2 aromatic heterocycles. The quantitative estimate of drug-likeness (QED) is 0.230. The fourth-order valence-electron chi connectivity index (χ4n) is 3.73. The van der Waals surface area contributed by atoms with E-state index in [9.17, 15) is 13.2 Å². The molecule has 13 heteroatoms. The van der Waals surface area contributed by atoms with Crippen molar-refractivity contribution in [3.8, 4) is 0 Å². The maximum absolute atomic E-state index is 12.5. The second kappa shape index (κ2) is 13.5. The van der Waals surface area contributed by atoms with Crippen LogP contribution in [0.4, 0.5) is 36.4 Å². The summed E-state index contributed by atoms with van der Waals surface area (Å²) in [6, 6.07) is 3.95. The first kappa shape index (κ1) is 28.5. The highest BCUT2D eigenvalue weighted by Gasteiger charge is 2.27. The molecular weight excluding hydrogens is 489 g/mol. The zero-order chi connectivity index (χ0) is 26.8. The van der Waals surface area contributed by atoms with Gasteiger partial charge >= 0.3 is 6.18 Å². The summed E-state index contributed by atoms with van der Waals surface area (Å²) in [5.74, 6) is 1.37. The zero-order valence-corrected chi connectivity index (χ0v) is 21.4. The van der Waals surface area contributed by atoms with Crippen molar-refractivity contribution in [3.05, 3.63) is 29.6 Å². The van der Waals surface area contributed by atoms with Crippen molar-refractivity contribution in [3.63, 3.8) is 0 Å². The number of pyridine rings is 1. The molecule has 10 nitrogen and oxygen atoms in total. The topological polar surface area (TPSA) is 120 Å². The summed E-state index contributed by atoms with van der Waals surface area (Å²) in [4.78, 5) is 15.8. The summed E-state index contributed by atoms with van der Waals surface area (Å²) >= 11 is 0. The molecule has 0 bridgehead atoms. The van der Waals surface area contributed by atoms with Gasteiger partial charge in [-0.1, -0.05) is 0 Å². The number of hydrogen-bond acceptors (Lipinski definition) is 10. The van der Waals surface area contributed by atoms with Crippen LogP contribution < -0.4 is 20.9 Å². The Morgan fingerprint density at radius 2 is 2.08 bits per heavy atom. The first-order valence-electron chi connectivity index (χ1n) is 12.3. The number of alkyl halides is 3. The molecule has 0 aromatic carbocycles. The van der Waals surface area contributed by atoms with E-state index in [1.807, 2.05) is 30.9 Å². The Morgan fingerprint density at radius 3 is 2.78 bits per heavy atom. The molecule has 1 saturated heterocycles. The maximum atomic E-state index is 12.5. The SMILES string of the molecule is CCOCCNc1c(Nc2cc(C)ccn2)nc(N2CCN[C@H](C)C2)nc1C(=N)COCCC(F)(F)F. The van der Waals surface area contributed by atoms with Crippen molar-refractivity contribution in [2.24, 2.45) is 0 Å². The molecule has 3 heterocycles. The van der Waals surface area contributed by atoms with E-state index in [1.165, 1.54) is 0 Å². The number of piperazine rings is 1. The summed E-state index contributed by atoms with van der Waals surface area (Å²) in [5.41, 5.74) is 1.61. The van der Waals surface area contributed by atoms with E-state index < -0.39 is 19.2 Å². The molecular formula is C24H35F3N8O2. The summed E-state index contributed by atoms with van der Waals surface area (Å²) in [7, 11) is 0. The molecule has 37 heavy (non-hydrogen) atoms. The van der Waals surface area contributed by atoms with E-state index in [4.69, 9.17) is 19.9 Å². The average Bonchev–Trinajstić information content (AvgIpc) is 2.84. The van der Waals surface area contributed by atoms with Crippen LogP contribution in [0, 0.1) is 12.3 Å². The minimum atomic E-state index is -4.33. The van der Waals surface area contributed by atoms with Gasteiger partial charge in [0.2, 0.25) is 5.95 Å². The Morgan fingerprint density at radius 1 is 1.27 bits per heavy atom. The summed E-state index contributed by atoms with van der Waals surface area (Å²) in [6.07, 6.45) is -3.73. The van der Waals surface area contributed by atoms with Gasteiger partial charge in [0.05, 0.1) is 32.0 Å². The van der Waals surface area contributed by atoms with Crippen molar-refractivity contribution in [2.45, 2.75) is 39.4 Å². The fourth-order valence-corrected chi connectivity index (χ4v) is 3.73. The normalized spacial score (nSPS) is 16.1. The highest BCUT2D eigenvalue weighted by molar-refractivity contribution is 6.04. The van der Waals surface area contributed by atoms with Crippen LogP contribution >= 0.6 is 0 Å². The third kappa shape index (κ3) is 9.09. The third-order valence-electron chi connectivity index (χ3n) is 5.53. The second-order valence-electron chi connectivity index (χ2n) is 8.76. The van der Waals surface area contributed by atoms with Gasteiger partial charge in [-0.3, -0.25) is 0 Å². The summed E-state index contributed by atoms with van der Waals surface area (Å²) in [6.45, 7) is 8.47. The minimum Gasteiger partial charge on any atom is -0.380 e. The molecule has 0 saturated carbocycles. The molecule has 2 aromatic rings. The van der Waals surface area contributed by atoms with Crippen LogP contribution in [-0.2, 0) is 9.47 Å². The lowest BCUT2D eigenvalue weighted by molar-refractivity contribution is -0.144. The fraction of sp³-hybridized carbons (Fsp3) is 0.583. The monoisotopic (exact) mass is 524 g/mol. The number of anilines is 4. The molecule has 1 aliphatic rings. The van der Waals surface area contributed by atoms with Crippen LogP contribution in [0.1, 0.15) is 31.5 Å². The third-order valence-corrected chi connectivity index (χ3v) is 5.53. The molecule has 4 N–H and O–H groups in total. The maximum Gasteiger partial charge on any atom is 0.391 e. The van der Waals surface area contributed by atoms with E-state index in [0.29, 0.717) is 56.1 Å². The predicted molar refractivity (Wildman–Crippen MR) is 137 cm³/mol. The van der Waals surface area contributed by atoms with E-state index in [2.05, 4.69) is 32.8 Å². The molecule has 0 unspecified atom stereocenters. The van der Waals surface area contributed by atoms with Crippen molar-refractivity contribution >= 4 is 29.0 Å². The molecule has 0 aliphatic carbocycles. The molecule has 1 fully saturated rings. The van der Waals surface area contributed by atoms with Crippen molar-refractivity contribution in [1.82, 2.24) is 20.3 Å². The second-order valence-corrected chi connectivity index (χ2v) is 8.76. The number of nitrogens with zero attached hydrogens (tertiary/aromatic N) is 4. The molecule has 1 aliphatic heterocycles. The van der Waals surface area contributed by atoms with E-state index in [1.54, 1.807) is 6.20 Å². The number of nitrogens with one attached hydrogen (secondary N) is 4. The molecule has 0 spiro atoms. The first-order chi connectivity index (χ1) is 17.7.